The maximum Gasteiger partial charge on any atom is 0.162 e. The molecule has 0 fully saturated rings. The van der Waals surface area contributed by atoms with Gasteiger partial charge >= 0.3 is 0 Å². The molecule has 3 aromatic rings. The summed E-state index contributed by atoms with van der Waals surface area (Å²) in [5.74, 6) is 0.188. The van der Waals surface area contributed by atoms with Crippen LogP contribution >= 0.6 is 0 Å². The smallest absolute Gasteiger partial charge is 0.162 e. The molecule has 1 aromatic heterocycles. The third-order valence-corrected chi connectivity index (χ3v) is 3.04. The molecule has 0 aliphatic heterocycles. The van der Waals surface area contributed by atoms with E-state index in [1.807, 2.05) is 61.5 Å². The van der Waals surface area contributed by atoms with E-state index in [4.69, 9.17) is 0 Å². The first-order valence-corrected chi connectivity index (χ1v) is 6.15. The van der Waals surface area contributed by atoms with Crippen LogP contribution in [-0.2, 0) is 0 Å². The van der Waals surface area contributed by atoms with Crippen molar-refractivity contribution in [1.82, 2.24) is 9.78 Å². The van der Waals surface area contributed by atoms with E-state index in [1.54, 1.807) is 4.68 Å². The Kier molecular flexibility index (Phi) is 2.80. The molecule has 0 spiro atoms. The number of benzene rings is 2. The topological polar surface area (TPSA) is 38.0 Å². The highest BCUT2D eigenvalue weighted by molar-refractivity contribution is 5.68. The molecule has 0 unspecified atom stereocenters. The Hall–Kier alpha value is -2.55. The number of aryl methyl sites for hydroxylation is 1. The van der Waals surface area contributed by atoms with Gasteiger partial charge in [-0.25, -0.2) is 4.68 Å². The minimum absolute atomic E-state index is 0.188. The van der Waals surface area contributed by atoms with Gasteiger partial charge in [-0.05, 0) is 24.6 Å². The first-order chi connectivity index (χ1) is 9.25. The predicted octanol–water partition coefficient (Wildman–Crippen LogP) is 3.55. The molecule has 0 saturated heterocycles. The minimum atomic E-state index is 0.188. The van der Waals surface area contributed by atoms with Crippen LogP contribution < -0.4 is 0 Å². The molecule has 0 aliphatic rings. The van der Waals surface area contributed by atoms with Crippen LogP contribution in [0.5, 0.6) is 5.75 Å². The zero-order valence-corrected chi connectivity index (χ0v) is 10.6. The summed E-state index contributed by atoms with van der Waals surface area (Å²) < 4.78 is 1.76. The molecule has 0 bridgehead atoms. The first kappa shape index (κ1) is 11.5. The van der Waals surface area contributed by atoms with Crippen molar-refractivity contribution in [2.24, 2.45) is 0 Å². The van der Waals surface area contributed by atoms with Gasteiger partial charge in [0.15, 0.2) is 5.75 Å². The van der Waals surface area contributed by atoms with E-state index < -0.39 is 0 Å². The second-order valence-electron chi connectivity index (χ2n) is 4.50. The Morgan fingerprint density at radius 2 is 1.79 bits per heavy atom. The van der Waals surface area contributed by atoms with E-state index in [9.17, 15) is 5.11 Å². The normalized spacial score (nSPS) is 10.6. The second kappa shape index (κ2) is 4.61. The van der Waals surface area contributed by atoms with Crippen molar-refractivity contribution in [3.8, 4) is 22.7 Å². The van der Waals surface area contributed by atoms with Crippen LogP contribution in [0.4, 0.5) is 0 Å². The van der Waals surface area contributed by atoms with E-state index in [0.717, 1.165) is 16.8 Å². The van der Waals surface area contributed by atoms with Crippen molar-refractivity contribution in [1.29, 1.82) is 0 Å². The fourth-order valence-electron chi connectivity index (χ4n) is 2.16. The SMILES string of the molecule is Cc1cccc(-n2ncc(O)c2-c2ccccc2)c1. The lowest BCUT2D eigenvalue weighted by molar-refractivity contribution is 0.477. The fraction of sp³-hybridized carbons (Fsp3) is 0.0625. The van der Waals surface area contributed by atoms with Crippen LogP contribution in [0.1, 0.15) is 5.56 Å². The van der Waals surface area contributed by atoms with Gasteiger partial charge in [0.1, 0.15) is 5.69 Å². The van der Waals surface area contributed by atoms with Crippen LogP contribution in [-0.4, -0.2) is 14.9 Å². The second-order valence-corrected chi connectivity index (χ2v) is 4.50. The average Bonchev–Trinajstić information content (AvgIpc) is 2.82. The number of hydrogen-bond acceptors (Lipinski definition) is 2. The summed E-state index contributed by atoms with van der Waals surface area (Å²) >= 11 is 0. The van der Waals surface area contributed by atoms with E-state index in [2.05, 4.69) is 5.10 Å². The van der Waals surface area contributed by atoms with Crippen LogP contribution in [0.25, 0.3) is 16.9 Å². The highest BCUT2D eigenvalue weighted by Gasteiger charge is 2.13. The molecule has 0 saturated carbocycles. The molecule has 1 N–H and O–H groups in total. The lowest BCUT2D eigenvalue weighted by atomic mass is 10.1. The largest absolute Gasteiger partial charge is 0.504 e. The molecule has 19 heavy (non-hydrogen) atoms. The molecule has 3 heteroatoms. The zero-order chi connectivity index (χ0) is 13.2. The third kappa shape index (κ3) is 2.10. The van der Waals surface area contributed by atoms with Crippen LogP contribution in [0.3, 0.4) is 0 Å². The molecular weight excluding hydrogens is 236 g/mol. The van der Waals surface area contributed by atoms with Crippen LogP contribution in [0, 0.1) is 6.92 Å². The quantitative estimate of drug-likeness (QED) is 0.755. The maximum absolute atomic E-state index is 10.0. The Balaban J connectivity index is 2.19. The summed E-state index contributed by atoms with van der Waals surface area (Å²) in [4.78, 5) is 0. The lowest BCUT2D eigenvalue weighted by Gasteiger charge is -2.08. The van der Waals surface area contributed by atoms with Gasteiger partial charge in [-0.1, -0.05) is 42.5 Å². The Morgan fingerprint density at radius 3 is 2.53 bits per heavy atom. The standard InChI is InChI=1S/C16H14N2O/c1-12-6-5-9-14(10-12)18-16(15(19)11-17-18)13-7-3-2-4-8-13/h2-11,19H,1H3. The van der Waals surface area contributed by atoms with Gasteiger partial charge in [0.25, 0.3) is 0 Å². The van der Waals surface area contributed by atoms with Gasteiger partial charge in [0.05, 0.1) is 11.9 Å². The van der Waals surface area contributed by atoms with Crippen molar-refractivity contribution in [2.75, 3.05) is 0 Å². The monoisotopic (exact) mass is 250 g/mol. The summed E-state index contributed by atoms with van der Waals surface area (Å²) in [5.41, 5.74) is 3.76. The Bertz CT molecular complexity index is 702. The molecule has 0 radical (unpaired) electrons. The summed E-state index contributed by atoms with van der Waals surface area (Å²) in [7, 11) is 0. The molecule has 94 valence electrons. The predicted molar refractivity (Wildman–Crippen MR) is 75.4 cm³/mol. The summed E-state index contributed by atoms with van der Waals surface area (Å²) in [6.07, 6.45) is 1.48. The molecule has 3 rings (SSSR count). The molecule has 0 aliphatic carbocycles. The van der Waals surface area contributed by atoms with E-state index >= 15 is 0 Å². The molecular formula is C16H14N2O. The summed E-state index contributed by atoms with van der Waals surface area (Å²) in [6.45, 7) is 2.04. The molecule has 0 amide bonds. The van der Waals surface area contributed by atoms with Gasteiger partial charge in [-0.15, -0.1) is 0 Å². The fourth-order valence-corrected chi connectivity index (χ4v) is 2.16. The van der Waals surface area contributed by atoms with Gasteiger partial charge in [0, 0.05) is 5.56 Å². The van der Waals surface area contributed by atoms with Gasteiger partial charge < -0.3 is 5.11 Å². The number of hydrogen-bond donors (Lipinski definition) is 1. The van der Waals surface area contributed by atoms with Gasteiger partial charge in [0.2, 0.25) is 0 Å². The molecule has 0 atom stereocenters. The third-order valence-electron chi connectivity index (χ3n) is 3.04. The van der Waals surface area contributed by atoms with E-state index in [0.29, 0.717) is 5.69 Å². The maximum atomic E-state index is 10.0. The van der Waals surface area contributed by atoms with Crippen LogP contribution in [0.15, 0.2) is 60.8 Å². The molecule has 1 heterocycles. The van der Waals surface area contributed by atoms with Crippen molar-refractivity contribution in [3.63, 3.8) is 0 Å². The van der Waals surface area contributed by atoms with Gasteiger partial charge in [-0.2, -0.15) is 5.10 Å². The highest BCUT2D eigenvalue weighted by Crippen LogP contribution is 2.30. The minimum Gasteiger partial charge on any atom is -0.504 e. The van der Waals surface area contributed by atoms with E-state index in [1.165, 1.54) is 6.20 Å². The summed E-state index contributed by atoms with van der Waals surface area (Å²) in [5, 5.41) is 14.3. The van der Waals surface area contributed by atoms with Crippen molar-refractivity contribution < 1.29 is 5.11 Å². The Labute approximate surface area is 111 Å². The van der Waals surface area contributed by atoms with Crippen molar-refractivity contribution in [3.05, 3.63) is 66.4 Å². The molecule has 2 aromatic carbocycles. The number of nitrogens with zero attached hydrogens (tertiary/aromatic N) is 2. The van der Waals surface area contributed by atoms with Crippen LogP contribution in [0.2, 0.25) is 0 Å². The van der Waals surface area contributed by atoms with Gasteiger partial charge in [-0.3, -0.25) is 0 Å². The number of aromatic hydroxyl groups is 1. The Morgan fingerprint density at radius 1 is 1.00 bits per heavy atom. The lowest BCUT2D eigenvalue weighted by Crippen LogP contribution is -1.99. The number of aromatic nitrogens is 2. The average molecular weight is 250 g/mol. The highest BCUT2D eigenvalue weighted by atomic mass is 16.3. The van der Waals surface area contributed by atoms with E-state index in [-0.39, 0.29) is 5.75 Å². The van der Waals surface area contributed by atoms with Crippen molar-refractivity contribution in [2.45, 2.75) is 6.92 Å². The first-order valence-electron chi connectivity index (χ1n) is 6.15. The molecule has 3 nitrogen and oxygen atoms in total. The van der Waals surface area contributed by atoms with Crippen molar-refractivity contribution >= 4 is 0 Å². The number of rotatable bonds is 2. The zero-order valence-electron chi connectivity index (χ0n) is 10.6. The summed E-state index contributed by atoms with van der Waals surface area (Å²) in [6, 6.07) is 17.8.